The van der Waals surface area contributed by atoms with E-state index >= 15 is 0 Å². The van der Waals surface area contributed by atoms with Crippen molar-refractivity contribution in [1.82, 2.24) is 0 Å². The van der Waals surface area contributed by atoms with Crippen LogP contribution >= 0.6 is 0 Å². The van der Waals surface area contributed by atoms with E-state index in [1.54, 1.807) is 6.08 Å². The van der Waals surface area contributed by atoms with Crippen LogP contribution in [0.2, 0.25) is 0 Å². The minimum atomic E-state index is -1.51. The van der Waals surface area contributed by atoms with E-state index in [0.29, 0.717) is 31.3 Å². The molecule has 3 saturated carbocycles. The molecule has 0 amide bonds. The molecule has 3 fully saturated rings. The molecule has 0 spiro atoms. The number of esters is 1. The van der Waals surface area contributed by atoms with Crippen molar-refractivity contribution in [3.63, 3.8) is 0 Å². The first-order chi connectivity index (χ1) is 16.5. The molecule has 6 nitrogen and oxygen atoms in total. The number of rotatable bonds is 7. The predicted octanol–water partition coefficient (Wildman–Crippen LogP) is 4.23. The molecule has 0 bridgehead atoms. The fourth-order valence-electron chi connectivity index (χ4n) is 8.46. The molecule has 7 heteroatoms. The van der Waals surface area contributed by atoms with Crippen molar-refractivity contribution in [1.29, 1.82) is 0 Å². The van der Waals surface area contributed by atoms with Crippen LogP contribution in [0.4, 0.5) is 4.39 Å². The molecule has 0 radical (unpaired) electrons. The van der Waals surface area contributed by atoms with Crippen LogP contribution in [0.3, 0.4) is 0 Å². The van der Waals surface area contributed by atoms with Gasteiger partial charge in [0.05, 0.1) is 6.10 Å². The van der Waals surface area contributed by atoms with Gasteiger partial charge in [-0.15, -0.1) is 0 Å². The Balaban J connectivity index is 1.73. The van der Waals surface area contributed by atoms with Crippen molar-refractivity contribution in [3.05, 3.63) is 23.6 Å². The van der Waals surface area contributed by atoms with Crippen LogP contribution in [0.5, 0.6) is 0 Å². The lowest BCUT2D eigenvalue weighted by Crippen LogP contribution is -2.64. The van der Waals surface area contributed by atoms with Gasteiger partial charge in [0, 0.05) is 29.1 Å². The second kappa shape index (κ2) is 9.22. The zero-order valence-electron chi connectivity index (χ0n) is 21.3. The van der Waals surface area contributed by atoms with Crippen molar-refractivity contribution >= 4 is 17.5 Å². The summed E-state index contributed by atoms with van der Waals surface area (Å²) >= 11 is 0. The molecule has 0 aliphatic heterocycles. The van der Waals surface area contributed by atoms with Gasteiger partial charge in [0.25, 0.3) is 0 Å². The summed E-state index contributed by atoms with van der Waals surface area (Å²) in [6.07, 6.45) is 6.65. The van der Waals surface area contributed by atoms with Crippen LogP contribution in [0.25, 0.3) is 0 Å². The van der Waals surface area contributed by atoms with Gasteiger partial charge in [-0.1, -0.05) is 46.6 Å². The number of aliphatic hydroxyl groups excluding tert-OH is 2. The summed E-state index contributed by atoms with van der Waals surface area (Å²) in [5, 5.41) is 21.5. The first kappa shape index (κ1) is 26.2. The average Bonchev–Trinajstić information content (AvgIpc) is 3.03. The molecule has 35 heavy (non-hydrogen) atoms. The summed E-state index contributed by atoms with van der Waals surface area (Å²) < 4.78 is 20.9. The molecule has 0 aromatic rings. The van der Waals surface area contributed by atoms with Crippen molar-refractivity contribution < 1.29 is 33.7 Å². The summed E-state index contributed by atoms with van der Waals surface area (Å²) in [6.45, 7) is 7.02. The van der Waals surface area contributed by atoms with E-state index < -0.39 is 52.5 Å². The average molecular weight is 491 g/mol. The summed E-state index contributed by atoms with van der Waals surface area (Å²) in [7, 11) is 0. The van der Waals surface area contributed by atoms with Gasteiger partial charge in [-0.2, -0.15) is 0 Å². The maximum absolute atomic E-state index is 14.9. The Labute approximate surface area is 207 Å². The van der Waals surface area contributed by atoms with Crippen LogP contribution < -0.4 is 0 Å². The molecule has 2 N–H and O–H groups in total. The lowest BCUT2D eigenvalue weighted by molar-refractivity contribution is -0.205. The molecule has 194 valence electrons. The van der Waals surface area contributed by atoms with Crippen LogP contribution in [-0.4, -0.2) is 46.1 Å². The smallest absolute Gasteiger partial charge is 0.306 e. The molecule has 4 aliphatic carbocycles. The van der Waals surface area contributed by atoms with Crippen LogP contribution in [0.1, 0.15) is 79.1 Å². The van der Waals surface area contributed by atoms with Crippen LogP contribution in [0.15, 0.2) is 23.6 Å². The highest BCUT2D eigenvalue weighted by Crippen LogP contribution is 2.69. The summed E-state index contributed by atoms with van der Waals surface area (Å²) in [5.41, 5.74) is -2.70. The lowest BCUT2D eigenvalue weighted by atomic mass is 9.46. The third-order valence-corrected chi connectivity index (χ3v) is 9.94. The fourth-order valence-corrected chi connectivity index (χ4v) is 8.46. The largest absolute Gasteiger partial charge is 0.450 e. The first-order valence-corrected chi connectivity index (χ1v) is 13.1. The number of ketones is 2. The normalized spacial score (nSPS) is 42.4. The second-order valence-electron chi connectivity index (χ2n) is 11.7. The Hall–Kier alpha value is -1.86. The third kappa shape index (κ3) is 3.67. The van der Waals surface area contributed by atoms with Gasteiger partial charge < -0.3 is 14.9 Å². The minimum Gasteiger partial charge on any atom is -0.450 e. The molecule has 8 atom stereocenters. The molecule has 0 saturated heterocycles. The number of Topliss-reactive ketones (excluding diaryl/α,β-unsaturated/α-hetero) is 1. The zero-order valence-corrected chi connectivity index (χ0v) is 21.3. The van der Waals surface area contributed by atoms with Gasteiger partial charge >= 0.3 is 5.97 Å². The van der Waals surface area contributed by atoms with Crippen molar-refractivity contribution in [2.75, 3.05) is 6.61 Å². The molecule has 0 heterocycles. The fraction of sp³-hybridized carbons (Fsp3) is 0.750. The first-order valence-electron chi connectivity index (χ1n) is 13.1. The number of halogens is 1. The highest BCUT2D eigenvalue weighted by Gasteiger charge is 2.72. The van der Waals surface area contributed by atoms with E-state index in [1.807, 2.05) is 27.7 Å². The number of hydrogen-bond acceptors (Lipinski definition) is 6. The van der Waals surface area contributed by atoms with Crippen LogP contribution in [-0.2, 0) is 19.1 Å². The van der Waals surface area contributed by atoms with E-state index in [4.69, 9.17) is 4.74 Å². The standard InChI is InChI=1S/C28H39FO6/c1-5-6-7-8-23(34)35-28(22(33)15-30)16(2)13-19-17-9-10-18-25(29)20(31)11-12-26(18,3)24(17)21(32)14-27(19,28)4/h11-12,16-17,19,21,24,30,32H,5-10,13-15H2,1-4H3/t16?,17-,19-,21?,24+,26-,27-,28-/m0/s1. The molecular weight excluding hydrogens is 451 g/mol. The van der Waals surface area contributed by atoms with Gasteiger partial charge in [-0.3, -0.25) is 14.4 Å². The number of ether oxygens (including phenoxy) is 1. The molecule has 4 aliphatic rings. The number of carbonyl (C=O) groups is 3. The third-order valence-electron chi connectivity index (χ3n) is 9.94. The maximum Gasteiger partial charge on any atom is 0.306 e. The molecule has 4 rings (SSSR count). The molecule has 0 aromatic heterocycles. The van der Waals surface area contributed by atoms with Gasteiger partial charge in [0.2, 0.25) is 11.6 Å². The van der Waals surface area contributed by atoms with E-state index in [-0.39, 0.29) is 36.5 Å². The number of hydrogen-bond donors (Lipinski definition) is 2. The summed E-state index contributed by atoms with van der Waals surface area (Å²) in [5.74, 6) is -3.03. The van der Waals surface area contributed by atoms with Gasteiger partial charge in [-0.05, 0) is 55.6 Å². The summed E-state index contributed by atoms with van der Waals surface area (Å²) in [4.78, 5) is 38.3. The topological polar surface area (TPSA) is 101 Å². The Morgan fingerprint density at radius 3 is 2.63 bits per heavy atom. The second-order valence-corrected chi connectivity index (χ2v) is 11.7. The Morgan fingerprint density at radius 2 is 1.97 bits per heavy atom. The highest BCUT2D eigenvalue weighted by molar-refractivity contribution is 6.04. The molecule has 2 unspecified atom stereocenters. The van der Waals surface area contributed by atoms with Gasteiger partial charge in [0.15, 0.2) is 11.4 Å². The monoisotopic (exact) mass is 490 g/mol. The maximum atomic E-state index is 14.9. The number of fused-ring (bicyclic) bond motifs is 5. The lowest BCUT2D eigenvalue weighted by Gasteiger charge is -2.60. The van der Waals surface area contributed by atoms with Gasteiger partial charge in [-0.25, -0.2) is 4.39 Å². The zero-order chi connectivity index (χ0) is 25.8. The summed E-state index contributed by atoms with van der Waals surface area (Å²) in [6, 6.07) is 0. The number of aliphatic hydroxyl groups is 2. The number of carbonyl (C=O) groups excluding carboxylic acids is 3. The number of unbranched alkanes of at least 4 members (excludes halogenated alkanes) is 2. The van der Waals surface area contributed by atoms with Crippen molar-refractivity contribution in [2.24, 2.45) is 34.5 Å². The van der Waals surface area contributed by atoms with Crippen LogP contribution in [0, 0.1) is 34.5 Å². The Kier molecular flexibility index (Phi) is 6.90. The van der Waals surface area contributed by atoms with Crippen molar-refractivity contribution in [3.8, 4) is 0 Å². The Bertz CT molecular complexity index is 970. The van der Waals surface area contributed by atoms with E-state index in [0.717, 1.165) is 12.8 Å². The minimum absolute atomic E-state index is 0.0437. The predicted molar refractivity (Wildman–Crippen MR) is 128 cm³/mol. The SMILES string of the molecule is CCCCCC(=O)O[C@]1(C(=O)CO)C(C)C[C@H]2[C@@H]3CCC4=C(F)C(=O)C=C[C@]4(C)[C@H]3C(O)C[C@@]21C. The van der Waals surface area contributed by atoms with E-state index in [2.05, 4.69) is 0 Å². The molecular formula is C28H39FO6. The van der Waals surface area contributed by atoms with E-state index in [1.165, 1.54) is 6.08 Å². The quantitative estimate of drug-likeness (QED) is 0.409. The number of allylic oxidation sites excluding steroid dienone is 4. The van der Waals surface area contributed by atoms with Crippen molar-refractivity contribution in [2.45, 2.75) is 90.8 Å². The Morgan fingerprint density at radius 1 is 1.26 bits per heavy atom. The van der Waals surface area contributed by atoms with Gasteiger partial charge in [0.1, 0.15) is 6.61 Å². The highest BCUT2D eigenvalue weighted by atomic mass is 19.1. The van der Waals surface area contributed by atoms with E-state index in [9.17, 15) is 29.0 Å². The molecule has 0 aromatic carbocycles.